The van der Waals surface area contributed by atoms with Crippen molar-refractivity contribution in [2.24, 2.45) is 0 Å². The van der Waals surface area contributed by atoms with Gasteiger partial charge in [-0.15, -0.1) is 0 Å². The predicted octanol–water partition coefficient (Wildman–Crippen LogP) is 3.67. The van der Waals surface area contributed by atoms with Crippen molar-refractivity contribution >= 4 is 21.6 Å². The zero-order chi connectivity index (χ0) is 24.2. The van der Waals surface area contributed by atoms with Crippen molar-refractivity contribution in [2.45, 2.75) is 45.3 Å². The number of rotatable bonds is 9. The molecule has 1 heterocycles. The number of hydrogen-bond acceptors (Lipinski definition) is 6. The molecule has 1 atom stereocenters. The zero-order valence-electron chi connectivity index (χ0n) is 19.8. The van der Waals surface area contributed by atoms with Gasteiger partial charge in [-0.05, 0) is 56.7 Å². The third kappa shape index (κ3) is 6.31. The maximum Gasteiger partial charge on any atom is 0.241 e. The minimum absolute atomic E-state index is 0.326. The van der Waals surface area contributed by atoms with Gasteiger partial charge in [-0.1, -0.05) is 6.92 Å². The third-order valence-electron chi connectivity index (χ3n) is 5.30. The second-order valence-corrected chi connectivity index (χ2v) is 10.6. The Morgan fingerprint density at radius 3 is 2.45 bits per heavy atom. The predicted molar refractivity (Wildman–Crippen MR) is 128 cm³/mol. The molecule has 0 saturated carbocycles. The summed E-state index contributed by atoms with van der Waals surface area (Å²) >= 11 is 0. The molecule has 0 radical (unpaired) electrons. The monoisotopic (exact) mass is 476 g/mol. The minimum Gasteiger partial charge on any atom is -0.497 e. The van der Waals surface area contributed by atoms with E-state index in [-0.39, 0.29) is 12.6 Å². The number of nitrogens with zero attached hydrogens (tertiary/aromatic N) is 1. The highest BCUT2D eigenvalue weighted by molar-refractivity contribution is 7.92. The van der Waals surface area contributed by atoms with Crippen molar-refractivity contribution in [1.29, 1.82) is 0 Å². The van der Waals surface area contributed by atoms with Crippen LogP contribution in [0.15, 0.2) is 42.5 Å². The molecule has 1 aliphatic rings. The summed E-state index contributed by atoms with van der Waals surface area (Å²) in [5, 5.41) is 2.99. The Morgan fingerprint density at radius 1 is 1.18 bits per heavy atom. The largest absolute Gasteiger partial charge is 0.497 e. The van der Waals surface area contributed by atoms with Crippen molar-refractivity contribution in [1.82, 2.24) is 5.32 Å². The molecule has 1 amide bonds. The lowest BCUT2D eigenvalue weighted by molar-refractivity contribution is -0.120. The molecule has 0 saturated heterocycles. The van der Waals surface area contributed by atoms with Crippen LogP contribution in [0.2, 0.25) is 0 Å². The number of carbonyl (C=O) groups is 1. The summed E-state index contributed by atoms with van der Waals surface area (Å²) in [5.41, 5.74) is 0.711. The Kier molecular flexibility index (Phi) is 7.41. The van der Waals surface area contributed by atoms with Gasteiger partial charge in [0.1, 0.15) is 29.4 Å². The fourth-order valence-electron chi connectivity index (χ4n) is 3.79. The molecule has 9 heteroatoms. The lowest BCUT2D eigenvalue weighted by atomic mass is 9.89. The van der Waals surface area contributed by atoms with Crippen LogP contribution in [0.5, 0.6) is 17.2 Å². The second kappa shape index (κ2) is 9.91. The maximum atomic E-state index is 13.0. The number of hydrogen-bond donors (Lipinski definition) is 1. The summed E-state index contributed by atoms with van der Waals surface area (Å²) in [6.45, 7) is 6.13. The molecule has 0 spiro atoms. The summed E-state index contributed by atoms with van der Waals surface area (Å²) in [6, 6.07) is 11.8. The molecule has 0 aliphatic carbocycles. The first kappa shape index (κ1) is 24.7. The standard InChI is InChI=1S/C24H32N2O6S/c1-6-13-31-18-9-7-17(8-10-18)26(33(5,28)29)16-23(27)25-21-15-24(2,3)32-22-14-19(30-4)11-12-20(21)22/h7-12,14,21H,6,13,15-16H2,1-5H3,(H,25,27). The fraction of sp³-hybridized carbons (Fsp3) is 0.458. The van der Waals surface area contributed by atoms with E-state index in [0.717, 1.165) is 22.5 Å². The molecule has 1 unspecified atom stereocenters. The summed E-state index contributed by atoms with van der Waals surface area (Å²) in [5.74, 6) is 1.54. The van der Waals surface area contributed by atoms with E-state index in [4.69, 9.17) is 14.2 Å². The van der Waals surface area contributed by atoms with Crippen LogP contribution >= 0.6 is 0 Å². The molecule has 2 aromatic carbocycles. The van der Waals surface area contributed by atoms with Crippen LogP contribution in [0.1, 0.15) is 45.2 Å². The van der Waals surface area contributed by atoms with E-state index in [1.807, 2.05) is 32.9 Å². The molecule has 1 aliphatic heterocycles. The zero-order valence-corrected chi connectivity index (χ0v) is 20.6. The number of nitrogens with one attached hydrogen (secondary N) is 1. The lowest BCUT2D eigenvalue weighted by Crippen LogP contribution is -2.45. The molecule has 1 N–H and O–H groups in total. The van der Waals surface area contributed by atoms with E-state index < -0.39 is 21.5 Å². The molecule has 8 nitrogen and oxygen atoms in total. The van der Waals surface area contributed by atoms with Crippen LogP contribution in [0.25, 0.3) is 0 Å². The van der Waals surface area contributed by atoms with Gasteiger partial charge in [0.15, 0.2) is 0 Å². The van der Waals surface area contributed by atoms with Gasteiger partial charge in [0.05, 0.1) is 31.7 Å². The molecule has 3 rings (SSSR count). The van der Waals surface area contributed by atoms with Gasteiger partial charge in [0, 0.05) is 18.1 Å². The Balaban J connectivity index is 1.78. The summed E-state index contributed by atoms with van der Waals surface area (Å²) in [6.07, 6.45) is 2.50. The number of anilines is 1. The minimum atomic E-state index is -3.69. The van der Waals surface area contributed by atoms with Crippen molar-refractivity contribution in [3.8, 4) is 17.2 Å². The molecular weight excluding hydrogens is 444 g/mol. The van der Waals surface area contributed by atoms with Gasteiger partial charge in [0.2, 0.25) is 15.9 Å². The molecule has 33 heavy (non-hydrogen) atoms. The van der Waals surface area contributed by atoms with Crippen LogP contribution in [0, 0.1) is 0 Å². The number of carbonyl (C=O) groups excluding carboxylic acids is 1. The highest BCUT2D eigenvalue weighted by Gasteiger charge is 2.35. The van der Waals surface area contributed by atoms with E-state index in [2.05, 4.69) is 5.32 Å². The third-order valence-corrected chi connectivity index (χ3v) is 6.44. The van der Waals surface area contributed by atoms with Gasteiger partial charge in [0.25, 0.3) is 0 Å². The van der Waals surface area contributed by atoms with E-state index >= 15 is 0 Å². The molecule has 180 valence electrons. The van der Waals surface area contributed by atoms with E-state index in [1.54, 1.807) is 37.4 Å². The van der Waals surface area contributed by atoms with Crippen LogP contribution in [0.3, 0.4) is 0 Å². The molecular formula is C24H32N2O6S. The van der Waals surface area contributed by atoms with Crippen molar-refractivity contribution in [2.75, 3.05) is 30.8 Å². The summed E-state index contributed by atoms with van der Waals surface area (Å²) < 4.78 is 42.9. The average Bonchev–Trinajstić information content (AvgIpc) is 2.74. The first-order valence-corrected chi connectivity index (χ1v) is 12.7. The molecule has 0 fully saturated rings. The van der Waals surface area contributed by atoms with E-state index in [0.29, 0.717) is 36.0 Å². The summed E-state index contributed by atoms with van der Waals surface area (Å²) in [7, 11) is -2.10. The number of fused-ring (bicyclic) bond motifs is 1. The van der Waals surface area contributed by atoms with Gasteiger partial charge in [-0.2, -0.15) is 0 Å². The number of benzene rings is 2. The first-order chi connectivity index (χ1) is 15.5. The molecule has 2 aromatic rings. The van der Waals surface area contributed by atoms with Crippen LogP contribution < -0.4 is 23.8 Å². The van der Waals surface area contributed by atoms with Crippen molar-refractivity contribution in [3.05, 3.63) is 48.0 Å². The topological polar surface area (TPSA) is 94.2 Å². The Hall–Kier alpha value is -2.94. The van der Waals surface area contributed by atoms with Gasteiger partial charge in [-0.3, -0.25) is 9.10 Å². The van der Waals surface area contributed by atoms with Crippen molar-refractivity contribution < 1.29 is 27.4 Å². The number of amides is 1. The van der Waals surface area contributed by atoms with E-state index in [1.165, 1.54) is 0 Å². The maximum absolute atomic E-state index is 13.0. The normalized spacial score (nSPS) is 16.8. The number of sulfonamides is 1. The fourth-order valence-corrected chi connectivity index (χ4v) is 4.64. The number of ether oxygens (including phenoxy) is 3. The van der Waals surface area contributed by atoms with Crippen LogP contribution in [-0.2, 0) is 14.8 Å². The highest BCUT2D eigenvalue weighted by Crippen LogP contribution is 2.41. The molecule has 0 bridgehead atoms. The van der Waals surface area contributed by atoms with Crippen molar-refractivity contribution in [3.63, 3.8) is 0 Å². The SMILES string of the molecule is CCCOc1ccc(N(CC(=O)NC2CC(C)(C)Oc3cc(OC)ccc32)S(C)(=O)=O)cc1. The molecule has 0 aromatic heterocycles. The average molecular weight is 477 g/mol. The Bertz CT molecular complexity index is 1080. The summed E-state index contributed by atoms with van der Waals surface area (Å²) in [4.78, 5) is 13.0. The Labute approximate surface area is 195 Å². The smallest absolute Gasteiger partial charge is 0.241 e. The quantitative estimate of drug-likeness (QED) is 0.594. The van der Waals surface area contributed by atoms with Gasteiger partial charge in [-0.25, -0.2) is 8.42 Å². The second-order valence-electron chi connectivity index (χ2n) is 8.70. The number of methoxy groups -OCH3 is 1. The van der Waals surface area contributed by atoms with Crippen LogP contribution in [0.4, 0.5) is 5.69 Å². The van der Waals surface area contributed by atoms with Gasteiger partial charge < -0.3 is 19.5 Å². The van der Waals surface area contributed by atoms with Crippen LogP contribution in [-0.4, -0.2) is 46.4 Å². The van der Waals surface area contributed by atoms with E-state index in [9.17, 15) is 13.2 Å². The van der Waals surface area contributed by atoms with Gasteiger partial charge >= 0.3 is 0 Å². The Morgan fingerprint density at radius 2 is 1.85 bits per heavy atom. The lowest BCUT2D eigenvalue weighted by Gasteiger charge is -2.38. The highest BCUT2D eigenvalue weighted by atomic mass is 32.2. The first-order valence-electron chi connectivity index (χ1n) is 10.9.